The average molecular weight is 417 g/mol. The van der Waals surface area contributed by atoms with Crippen LogP contribution >= 0.6 is 0 Å². The Kier molecular flexibility index (Phi) is 5.52. The number of imidazole rings is 1. The number of aliphatic hydroxyl groups is 1. The number of carbonyl (C=O) groups excluding carboxylic acids is 3. The van der Waals surface area contributed by atoms with Gasteiger partial charge in [-0.1, -0.05) is 12.1 Å². The van der Waals surface area contributed by atoms with Crippen LogP contribution in [0.4, 0.5) is 10.5 Å². The van der Waals surface area contributed by atoms with Gasteiger partial charge in [0.2, 0.25) is 11.8 Å². The Morgan fingerprint density at radius 2 is 1.73 bits per heavy atom. The van der Waals surface area contributed by atoms with Crippen LogP contribution in [0.15, 0.2) is 24.3 Å². The summed E-state index contributed by atoms with van der Waals surface area (Å²) in [5, 5.41) is 37.4. The number of nitrogens with one attached hydrogen (secondary N) is 2. The monoisotopic (exact) mass is 417 g/mol. The average Bonchev–Trinajstić information content (AvgIpc) is 2.89. The molecule has 0 aliphatic carbocycles. The molecule has 158 valence electrons. The maximum atomic E-state index is 13.0. The molecule has 1 fully saturated rings. The molecule has 12 nitrogen and oxygen atoms in total. The van der Waals surface area contributed by atoms with Crippen molar-refractivity contribution in [3.63, 3.8) is 0 Å². The minimum absolute atomic E-state index is 0.00227. The molecule has 4 amide bonds. The van der Waals surface area contributed by atoms with E-state index in [0.29, 0.717) is 16.1 Å². The summed E-state index contributed by atoms with van der Waals surface area (Å²) in [5.41, 5.74) is 0.900. The molecule has 1 aliphatic rings. The summed E-state index contributed by atoms with van der Waals surface area (Å²) >= 11 is 0. The zero-order valence-electron chi connectivity index (χ0n) is 16.1. The number of aliphatic hydroxyl groups excluding tert-OH is 1. The summed E-state index contributed by atoms with van der Waals surface area (Å²) in [4.78, 5) is 47.0. The second-order valence-electron chi connectivity index (χ2n) is 6.81. The Bertz CT molecular complexity index is 1020. The molecule has 0 saturated carbocycles. The van der Waals surface area contributed by atoms with Crippen molar-refractivity contribution in [1.82, 2.24) is 15.2 Å². The smallest absolute Gasteiger partial charge is 0.328 e. The fourth-order valence-corrected chi connectivity index (χ4v) is 3.60. The molecule has 3 rings (SSSR count). The third-order valence-corrected chi connectivity index (χ3v) is 5.15. The van der Waals surface area contributed by atoms with E-state index in [-0.39, 0.29) is 30.2 Å². The van der Waals surface area contributed by atoms with E-state index < -0.39 is 34.6 Å². The fraction of sp³-hybridized carbons (Fsp3) is 0.333. The van der Waals surface area contributed by atoms with Crippen molar-refractivity contribution in [2.75, 3.05) is 6.61 Å². The van der Waals surface area contributed by atoms with Gasteiger partial charge in [-0.3, -0.25) is 30.3 Å². The van der Waals surface area contributed by atoms with Crippen molar-refractivity contribution in [3.8, 4) is 0 Å². The highest BCUT2D eigenvalue weighted by atomic mass is 16.6. The summed E-state index contributed by atoms with van der Waals surface area (Å²) in [6, 6.07) is 4.11. The second kappa shape index (κ2) is 7.91. The van der Waals surface area contributed by atoms with E-state index >= 15 is 0 Å². The maximum Gasteiger partial charge on any atom is 0.328 e. The van der Waals surface area contributed by atoms with E-state index in [1.54, 1.807) is 13.8 Å². The molecule has 12 heteroatoms. The number of rotatable bonds is 6. The molecule has 0 bridgehead atoms. The van der Waals surface area contributed by atoms with E-state index in [1.807, 2.05) is 10.6 Å². The van der Waals surface area contributed by atoms with E-state index in [4.69, 9.17) is 0 Å². The van der Waals surface area contributed by atoms with Gasteiger partial charge in [-0.05, 0) is 5.56 Å². The summed E-state index contributed by atoms with van der Waals surface area (Å²) in [7, 11) is 0. The summed E-state index contributed by atoms with van der Waals surface area (Å²) in [5.74, 6) is -4.47. The highest BCUT2D eigenvalue weighted by Gasteiger charge is 2.47. The normalized spacial score (nSPS) is 15.6. The van der Waals surface area contributed by atoms with E-state index in [1.165, 1.54) is 28.8 Å². The van der Waals surface area contributed by atoms with Crippen molar-refractivity contribution in [2.45, 2.75) is 26.3 Å². The molecule has 0 spiro atoms. The lowest BCUT2D eigenvalue weighted by Crippen LogP contribution is -2.58. The molecule has 1 unspecified atom stereocenters. The predicted molar refractivity (Wildman–Crippen MR) is 100 cm³/mol. The number of amides is 4. The van der Waals surface area contributed by atoms with Crippen LogP contribution in [0.5, 0.6) is 0 Å². The van der Waals surface area contributed by atoms with Gasteiger partial charge in [-0.25, -0.2) is 14.1 Å². The van der Waals surface area contributed by atoms with E-state index in [0.717, 1.165) is 0 Å². The van der Waals surface area contributed by atoms with Gasteiger partial charge in [0.1, 0.15) is 29.8 Å². The molecule has 2 heterocycles. The molecule has 1 aliphatic heterocycles. The van der Waals surface area contributed by atoms with Gasteiger partial charge in [-0.15, -0.1) is 0 Å². The number of benzene rings is 1. The van der Waals surface area contributed by atoms with Gasteiger partial charge in [-0.2, -0.15) is 0 Å². The molecule has 3 N–H and O–H groups in total. The number of barbiturate groups is 1. The zero-order chi connectivity index (χ0) is 22.2. The SMILES string of the molecule is Cc1c(C)[n+]([O-])c(C(c2ccc([N+](=O)[O-])cc2)C2C(=O)NC(=O)NC2=O)n1CCO. The first kappa shape index (κ1) is 20.9. The quantitative estimate of drug-likeness (QED) is 0.191. The highest BCUT2D eigenvalue weighted by molar-refractivity contribution is 6.16. The highest BCUT2D eigenvalue weighted by Crippen LogP contribution is 2.34. The Hall–Kier alpha value is -3.80. The first-order valence-corrected chi connectivity index (χ1v) is 8.97. The second-order valence-corrected chi connectivity index (χ2v) is 6.81. The van der Waals surface area contributed by atoms with Crippen LogP contribution in [0, 0.1) is 35.1 Å². The fourth-order valence-electron chi connectivity index (χ4n) is 3.60. The standard InChI is InChI=1S/C18H19N5O7/c1-9-10(2)22(28)17(21(9)7-8-24)13(11-3-5-12(6-4-11)23(29)30)14-15(25)19-18(27)20-16(14)26/h3-6,13-14,24H,7-8H2,1-2H3,(H2,19,20,25,26,27). The van der Waals surface area contributed by atoms with Crippen LogP contribution in [0.25, 0.3) is 0 Å². The van der Waals surface area contributed by atoms with Gasteiger partial charge in [0.05, 0.1) is 11.5 Å². The zero-order valence-corrected chi connectivity index (χ0v) is 16.1. The first-order chi connectivity index (χ1) is 14.2. The number of carbonyl (C=O) groups is 3. The number of hydrogen-bond donors (Lipinski definition) is 3. The van der Waals surface area contributed by atoms with Gasteiger partial charge in [0.15, 0.2) is 0 Å². The van der Waals surface area contributed by atoms with Crippen molar-refractivity contribution in [1.29, 1.82) is 0 Å². The molecule has 0 radical (unpaired) electrons. The Morgan fingerprint density at radius 3 is 2.23 bits per heavy atom. The van der Waals surface area contributed by atoms with Gasteiger partial charge < -0.3 is 10.3 Å². The molecule has 1 saturated heterocycles. The van der Waals surface area contributed by atoms with Gasteiger partial charge in [0, 0.05) is 26.0 Å². The van der Waals surface area contributed by atoms with Crippen molar-refractivity contribution in [2.24, 2.45) is 5.92 Å². The Labute approximate surface area is 169 Å². The number of hydrogen-bond acceptors (Lipinski definition) is 7. The number of imide groups is 2. The van der Waals surface area contributed by atoms with Gasteiger partial charge in [0.25, 0.3) is 11.5 Å². The molecule has 1 aromatic carbocycles. The van der Waals surface area contributed by atoms with Crippen molar-refractivity contribution >= 4 is 23.5 Å². The number of non-ortho nitro benzene ring substituents is 1. The molecular formula is C18H19N5O7. The van der Waals surface area contributed by atoms with Gasteiger partial charge >= 0.3 is 6.03 Å². The summed E-state index contributed by atoms with van der Waals surface area (Å²) in [6.45, 7) is 2.92. The molecule has 30 heavy (non-hydrogen) atoms. The number of nitro benzene ring substituents is 1. The molecule has 2 aromatic rings. The summed E-state index contributed by atoms with van der Waals surface area (Å²) < 4.78 is 2.06. The van der Waals surface area contributed by atoms with Crippen LogP contribution in [0.2, 0.25) is 0 Å². The minimum Gasteiger partial charge on any atom is -0.711 e. The third-order valence-electron chi connectivity index (χ3n) is 5.15. The Morgan fingerprint density at radius 1 is 1.17 bits per heavy atom. The lowest BCUT2D eigenvalue weighted by atomic mass is 9.83. The molecule has 1 aromatic heterocycles. The van der Waals surface area contributed by atoms with Crippen molar-refractivity contribution < 1.29 is 29.1 Å². The van der Waals surface area contributed by atoms with Crippen LogP contribution in [0.1, 0.15) is 28.7 Å². The van der Waals surface area contributed by atoms with Crippen LogP contribution in [-0.2, 0) is 16.1 Å². The number of nitro groups is 1. The Balaban J connectivity index is 2.25. The predicted octanol–water partition coefficient (Wildman–Crippen LogP) is -0.247. The number of urea groups is 1. The third kappa shape index (κ3) is 3.48. The lowest BCUT2D eigenvalue weighted by Gasteiger charge is -2.27. The van der Waals surface area contributed by atoms with Crippen LogP contribution < -0.4 is 15.4 Å². The van der Waals surface area contributed by atoms with Crippen LogP contribution in [-0.4, -0.2) is 39.0 Å². The lowest BCUT2D eigenvalue weighted by molar-refractivity contribution is -0.621. The first-order valence-electron chi connectivity index (χ1n) is 8.97. The maximum absolute atomic E-state index is 13.0. The minimum atomic E-state index is -1.49. The largest absolute Gasteiger partial charge is 0.711 e. The number of nitrogens with zero attached hydrogens (tertiary/aromatic N) is 3. The van der Waals surface area contributed by atoms with Crippen LogP contribution in [0.3, 0.4) is 0 Å². The molecule has 1 atom stereocenters. The number of aromatic nitrogens is 2. The topological polar surface area (TPSA) is 171 Å². The van der Waals surface area contributed by atoms with E-state index in [9.17, 15) is 34.8 Å². The summed E-state index contributed by atoms with van der Waals surface area (Å²) in [6.07, 6.45) is 0. The van der Waals surface area contributed by atoms with Crippen molar-refractivity contribution in [3.05, 3.63) is 62.4 Å². The van der Waals surface area contributed by atoms with E-state index in [2.05, 4.69) is 0 Å². The molecular weight excluding hydrogens is 398 g/mol.